The highest BCUT2D eigenvalue weighted by Gasteiger charge is 2.21. The van der Waals surface area contributed by atoms with E-state index < -0.39 is 0 Å². The second-order valence-electron chi connectivity index (χ2n) is 6.90. The Kier molecular flexibility index (Phi) is 6.32. The molecule has 1 aromatic heterocycles. The number of amides is 1. The number of ether oxygens (including phenoxy) is 1. The Balaban J connectivity index is 1.74. The molecular formula is C19H26N4O2S. The molecule has 26 heavy (non-hydrogen) atoms. The van der Waals surface area contributed by atoms with Crippen LogP contribution in [0, 0.1) is 13.8 Å². The minimum absolute atomic E-state index is 0.193. The van der Waals surface area contributed by atoms with Crippen LogP contribution in [0.1, 0.15) is 41.8 Å². The van der Waals surface area contributed by atoms with E-state index in [0.717, 1.165) is 42.7 Å². The summed E-state index contributed by atoms with van der Waals surface area (Å²) in [4.78, 5) is 11.1. The van der Waals surface area contributed by atoms with E-state index >= 15 is 0 Å². The zero-order valence-electron chi connectivity index (χ0n) is 15.4. The van der Waals surface area contributed by atoms with Gasteiger partial charge in [0.25, 0.3) is 0 Å². The number of carbonyl (C=O) groups is 1. The lowest BCUT2D eigenvalue weighted by molar-refractivity contribution is -0.118. The van der Waals surface area contributed by atoms with Crippen molar-refractivity contribution in [3.8, 4) is 0 Å². The molecule has 1 saturated heterocycles. The first-order chi connectivity index (χ1) is 12.5. The van der Waals surface area contributed by atoms with Crippen molar-refractivity contribution < 1.29 is 9.53 Å². The van der Waals surface area contributed by atoms with Crippen LogP contribution in [0.4, 0.5) is 0 Å². The van der Waals surface area contributed by atoms with Gasteiger partial charge in [-0.3, -0.25) is 4.79 Å². The summed E-state index contributed by atoms with van der Waals surface area (Å²) in [5.41, 5.74) is 9.11. The summed E-state index contributed by atoms with van der Waals surface area (Å²) in [6, 6.07) is 6.58. The fourth-order valence-corrected chi connectivity index (χ4v) is 4.22. The van der Waals surface area contributed by atoms with Crippen LogP contribution in [0.3, 0.4) is 0 Å². The lowest BCUT2D eigenvalue weighted by atomic mass is 10.1. The first kappa shape index (κ1) is 18.9. The molecule has 0 bridgehead atoms. The van der Waals surface area contributed by atoms with Crippen LogP contribution in [0.15, 0.2) is 23.4 Å². The molecule has 1 unspecified atom stereocenters. The Morgan fingerprint density at radius 3 is 2.73 bits per heavy atom. The van der Waals surface area contributed by atoms with Crippen LogP contribution < -0.4 is 5.73 Å². The van der Waals surface area contributed by atoms with Crippen molar-refractivity contribution in [2.45, 2.75) is 63.1 Å². The second-order valence-corrected chi connectivity index (χ2v) is 7.84. The van der Waals surface area contributed by atoms with E-state index in [1.54, 1.807) is 11.8 Å². The van der Waals surface area contributed by atoms with Crippen molar-refractivity contribution in [3.63, 3.8) is 0 Å². The van der Waals surface area contributed by atoms with Gasteiger partial charge in [0.05, 0.1) is 12.6 Å². The molecule has 2 aromatic rings. The van der Waals surface area contributed by atoms with Crippen molar-refractivity contribution >= 4 is 17.7 Å². The van der Waals surface area contributed by atoms with Crippen LogP contribution in [0.2, 0.25) is 0 Å². The number of nitrogens with two attached hydrogens (primary N) is 1. The Morgan fingerprint density at radius 1 is 1.31 bits per heavy atom. The maximum atomic E-state index is 11.1. The normalized spacial score (nSPS) is 16.9. The Bertz CT molecular complexity index is 749. The average Bonchev–Trinajstić information content (AvgIpc) is 3.21. The summed E-state index contributed by atoms with van der Waals surface area (Å²) in [6.45, 7) is 5.77. The fourth-order valence-electron chi connectivity index (χ4n) is 3.32. The van der Waals surface area contributed by atoms with Crippen molar-refractivity contribution in [1.29, 1.82) is 0 Å². The van der Waals surface area contributed by atoms with Gasteiger partial charge in [-0.25, -0.2) is 0 Å². The van der Waals surface area contributed by atoms with Crippen LogP contribution >= 0.6 is 11.8 Å². The summed E-state index contributed by atoms with van der Waals surface area (Å²) in [5, 5.41) is 9.54. The van der Waals surface area contributed by atoms with E-state index in [0.29, 0.717) is 6.42 Å². The van der Waals surface area contributed by atoms with Gasteiger partial charge in [-0.1, -0.05) is 41.1 Å². The van der Waals surface area contributed by atoms with Crippen LogP contribution in [-0.4, -0.2) is 33.4 Å². The Hall–Kier alpha value is -1.86. The van der Waals surface area contributed by atoms with Gasteiger partial charge in [0, 0.05) is 25.2 Å². The number of hydrogen-bond donors (Lipinski definition) is 1. The van der Waals surface area contributed by atoms with Gasteiger partial charge < -0.3 is 15.0 Å². The van der Waals surface area contributed by atoms with Gasteiger partial charge in [-0.15, -0.1) is 10.2 Å². The lowest BCUT2D eigenvalue weighted by Crippen LogP contribution is -2.19. The zero-order chi connectivity index (χ0) is 18.5. The predicted octanol–water partition coefficient (Wildman–Crippen LogP) is 2.78. The number of hydrogen-bond acceptors (Lipinski definition) is 5. The quantitative estimate of drug-likeness (QED) is 0.719. The number of benzene rings is 1. The topological polar surface area (TPSA) is 83.0 Å². The Labute approximate surface area is 158 Å². The standard InChI is InChI=1S/C19H26N4O2S/c1-13-8-14(2)10-15(9-13)12-26-19-22-21-18(6-5-17(20)24)23(19)11-16-4-3-7-25-16/h8-10,16H,3-7,11-12H2,1-2H3,(H2,20,24). The van der Waals surface area contributed by atoms with E-state index in [1.165, 1.54) is 16.7 Å². The molecule has 0 radical (unpaired) electrons. The van der Waals surface area contributed by atoms with Gasteiger partial charge >= 0.3 is 0 Å². The first-order valence-corrected chi connectivity index (χ1v) is 10.0. The lowest BCUT2D eigenvalue weighted by Gasteiger charge is -2.14. The van der Waals surface area contributed by atoms with Crippen molar-refractivity contribution in [2.24, 2.45) is 5.73 Å². The van der Waals surface area contributed by atoms with E-state index in [9.17, 15) is 4.79 Å². The summed E-state index contributed by atoms with van der Waals surface area (Å²) < 4.78 is 7.88. The highest BCUT2D eigenvalue weighted by molar-refractivity contribution is 7.98. The smallest absolute Gasteiger partial charge is 0.217 e. The molecule has 3 rings (SSSR count). The third kappa shape index (κ3) is 5.08. The summed E-state index contributed by atoms with van der Waals surface area (Å²) in [5.74, 6) is 1.32. The molecule has 0 spiro atoms. The predicted molar refractivity (Wildman–Crippen MR) is 102 cm³/mol. The van der Waals surface area contributed by atoms with Gasteiger partial charge in [0.2, 0.25) is 5.91 Å². The van der Waals surface area contributed by atoms with Gasteiger partial charge in [0.1, 0.15) is 5.82 Å². The third-order valence-corrected chi connectivity index (χ3v) is 5.49. The average molecular weight is 375 g/mol. The van der Waals surface area contributed by atoms with E-state index in [-0.39, 0.29) is 18.4 Å². The number of carbonyl (C=O) groups excluding carboxylic acids is 1. The van der Waals surface area contributed by atoms with E-state index in [2.05, 4.69) is 46.8 Å². The molecule has 0 saturated carbocycles. The molecule has 1 atom stereocenters. The highest BCUT2D eigenvalue weighted by Crippen LogP contribution is 2.25. The number of rotatable bonds is 8. The van der Waals surface area contributed by atoms with Crippen LogP contribution in [0.25, 0.3) is 0 Å². The maximum absolute atomic E-state index is 11.1. The van der Waals surface area contributed by atoms with E-state index in [4.69, 9.17) is 10.5 Å². The fraction of sp³-hybridized carbons (Fsp3) is 0.526. The number of aryl methyl sites for hydroxylation is 3. The van der Waals surface area contributed by atoms with Crippen LogP contribution in [0.5, 0.6) is 0 Å². The maximum Gasteiger partial charge on any atom is 0.217 e. The summed E-state index contributed by atoms with van der Waals surface area (Å²) in [6.07, 6.45) is 3.13. The number of nitrogens with zero attached hydrogens (tertiary/aromatic N) is 3. The van der Waals surface area contributed by atoms with Gasteiger partial charge in [-0.2, -0.15) is 0 Å². The number of primary amides is 1. The first-order valence-electron chi connectivity index (χ1n) is 9.03. The van der Waals surface area contributed by atoms with Crippen molar-refractivity contribution in [3.05, 3.63) is 40.7 Å². The third-order valence-electron chi connectivity index (χ3n) is 4.45. The molecule has 1 aliphatic rings. The molecule has 1 fully saturated rings. The Morgan fingerprint density at radius 2 is 2.08 bits per heavy atom. The van der Waals surface area contributed by atoms with Gasteiger partial charge in [0.15, 0.2) is 5.16 Å². The largest absolute Gasteiger partial charge is 0.376 e. The molecule has 2 N–H and O–H groups in total. The molecule has 0 aliphatic carbocycles. The molecule has 2 heterocycles. The number of aromatic nitrogens is 3. The SMILES string of the molecule is Cc1cc(C)cc(CSc2nnc(CCC(N)=O)n2CC2CCCO2)c1. The van der Waals surface area contributed by atoms with Gasteiger partial charge in [-0.05, 0) is 32.3 Å². The minimum atomic E-state index is -0.318. The summed E-state index contributed by atoms with van der Waals surface area (Å²) >= 11 is 1.67. The molecular weight excluding hydrogens is 348 g/mol. The minimum Gasteiger partial charge on any atom is -0.376 e. The zero-order valence-corrected chi connectivity index (χ0v) is 16.2. The molecule has 1 aromatic carbocycles. The highest BCUT2D eigenvalue weighted by atomic mass is 32.2. The number of thioether (sulfide) groups is 1. The van der Waals surface area contributed by atoms with E-state index in [1.807, 2.05) is 0 Å². The summed E-state index contributed by atoms with van der Waals surface area (Å²) in [7, 11) is 0. The molecule has 140 valence electrons. The second kappa shape index (κ2) is 8.68. The van der Waals surface area contributed by atoms with Crippen LogP contribution in [-0.2, 0) is 28.2 Å². The van der Waals surface area contributed by atoms with Crippen molar-refractivity contribution in [1.82, 2.24) is 14.8 Å². The molecule has 7 heteroatoms. The monoisotopic (exact) mass is 374 g/mol. The molecule has 6 nitrogen and oxygen atoms in total. The van der Waals surface area contributed by atoms with Crippen molar-refractivity contribution in [2.75, 3.05) is 6.61 Å². The molecule has 1 amide bonds. The molecule has 1 aliphatic heterocycles.